The largest absolute Gasteiger partial charge is 0.494 e. The number of hydrogen-bond donors (Lipinski definition) is 0. The second kappa shape index (κ2) is 9.18. The minimum absolute atomic E-state index is 0.195. The van der Waals surface area contributed by atoms with Gasteiger partial charge in [0.05, 0.1) is 13.2 Å². The minimum Gasteiger partial charge on any atom is -0.494 e. The molecule has 0 saturated carbocycles. The lowest BCUT2D eigenvalue weighted by atomic mass is 9.90. The van der Waals surface area contributed by atoms with Crippen LogP contribution in [-0.2, 0) is 11.3 Å². The van der Waals surface area contributed by atoms with E-state index in [0.717, 1.165) is 36.1 Å². The van der Waals surface area contributed by atoms with Crippen LogP contribution in [-0.4, -0.2) is 30.4 Å². The zero-order valence-electron chi connectivity index (χ0n) is 17.1. The van der Waals surface area contributed by atoms with E-state index >= 15 is 0 Å². The van der Waals surface area contributed by atoms with Gasteiger partial charge >= 0.3 is 5.63 Å². The minimum atomic E-state index is -0.385. The molecule has 0 fully saturated rings. The Kier molecular flexibility index (Phi) is 7.19. The summed E-state index contributed by atoms with van der Waals surface area (Å²) in [6.07, 6.45) is 2.05. The highest BCUT2D eigenvalue weighted by molar-refractivity contribution is 5.85. The predicted octanol–water partition coefficient (Wildman–Crippen LogP) is 4.41. The van der Waals surface area contributed by atoms with Gasteiger partial charge in [0.15, 0.2) is 5.78 Å². The second-order valence-electron chi connectivity index (χ2n) is 7.92. The monoisotopic (exact) mass is 373 g/mol. The van der Waals surface area contributed by atoms with Crippen LogP contribution in [0.1, 0.15) is 53.0 Å². The molecule has 1 aromatic heterocycles. The molecule has 0 amide bonds. The molecule has 0 N–H and O–H groups in total. The van der Waals surface area contributed by atoms with Gasteiger partial charge < -0.3 is 9.15 Å². The molecule has 0 atom stereocenters. The van der Waals surface area contributed by atoms with E-state index in [-0.39, 0.29) is 16.8 Å². The Morgan fingerprint density at radius 1 is 1.19 bits per heavy atom. The fraction of sp³-hybridized carbons (Fsp3) is 0.545. The Morgan fingerprint density at radius 3 is 2.56 bits per heavy atom. The van der Waals surface area contributed by atoms with Crippen LogP contribution in [0.15, 0.2) is 33.5 Å². The van der Waals surface area contributed by atoms with Crippen molar-refractivity contribution in [2.45, 2.75) is 54.0 Å². The van der Waals surface area contributed by atoms with Gasteiger partial charge in [-0.15, -0.1) is 0 Å². The third kappa shape index (κ3) is 5.93. The lowest BCUT2D eigenvalue weighted by Crippen LogP contribution is -2.36. The number of unbranched alkanes of at least 4 members (excludes halogenated alkanes) is 1. The molecule has 2 aromatic rings. The summed E-state index contributed by atoms with van der Waals surface area (Å²) in [5.74, 6) is 0.937. The molecule has 5 nitrogen and oxygen atoms in total. The second-order valence-corrected chi connectivity index (χ2v) is 7.92. The molecule has 0 saturated heterocycles. The van der Waals surface area contributed by atoms with Crippen molar-refractivity contribution in [2.24, 2.45) is 5.41 Å². The van der Waals surface area contributed by atoms with Crippen LogP contribution in [0.4, 0.5) is 0 Å². The fourth-order valence-corrected chi connectivity index (χ4v) is 2.87. The summed E-state index contributed by atoms with van der Waals surface area (Å²) in [5, 5.41) is 0.852. The highest BCUT2D eigenvalue weighted by Gasteiger charge is 2.24. The smallest absolute Gasteiger partial charge is 0.336 e. The van der Waals surface area contributed by atoms with Crippen molar-refractivity contribution in [1.29, 1.82) is 0 Å². The number of ketones is 1. The summed E-state index contributed by atoms with van der Waals surface area (Å²) in [6, 6.07) is 7.00. The van der Waals surface area contributed by atoms with E-state index in [0.29, 0.717) is 25.3 Å². The number of carbonyl (C=O) groups is 1. The maximum atomic E-state index is 12.6. The van der Waals surface area contributed by atoms with Gasteiger partial charge in [-0.1, -0.05) is 34.1 Å². The first-order valence-corrected chi connectivity index (χ1v) is 9.69. The van der Waals surface area contributed by atoms with Crippen LogP contribution in [0.5, 0.6) is 5.75 Å². The van der Waals surface area contributed by atoms with Crippen LogP contribution >= 0.6 is 0 Å². The van der Waals surface area contributed by atoms with E-state index in [1.807, 2.05) is 33.8 Å². The molecule has 0 aliphatic rings. The van der Waals surface area contributed by atoms with Crippen molar-refractivity contribution in [1.82, 2.24) is 4.90 Å². The first-order chi connectivity index (χ1) is 12.7. The number of fused-ring (bicyclic) bond motifs is 1. The molecule has 0 bridgehead atoms. The lowest BCUT2D eigenvalue weighted by molar-refractivity contribution is -0.127. The summed E-state index contributed by atoms with van der Waals surface area (Å²) < 4.78 is 10.9. The summed E-state index contributed by atoms with van der Waals surface area (Å²) in [5.41, 5.74) is 0.642. The van der Waals surface area contributed by atoms with Crippen molar-refractivity contribution in [3.63, 3.8) is 0 Å². The summed E-state index contributed by atoms with van der Waals surface area (Å²) in [7, 11) is 0. The SMILES string of the molecule is CCCCN(CC(=O)C(C)(C)C)Cc1cc(=O)oc2ccc(OCC)cc12. The molecule has 148 valence electrons. The van der Waals surface area contributed by atoms with Crippen molar-refractivity contribution in [2.75, 3.05) is 19.7 Å². The zero-order valence-corrected chi connectivity index (χ0v) is 17.1. The van der Waals surface area contributed by atoms with Gasteiger partial charge in [-0.3, -0.25) is 9.69 Å². The van der Waals surface area contributed by atoms with Gasteiger partial charge in [0.2, 0.25) is 0 Å². The fourth-order valence-electron chi connectivity index (χ4n) is 2.87. The Labute approximate surface area is 161 Å². The normalized spacial score (nSPS) is 11.9. The molecule has 2 rings (SSSR count). The number of hydrogen-bond acceptors (Lipinski definition) is 5. The van der Waals surface area contributed by atoms with Crippen molar-refractivity contribution in [3.05, 3.63) is 40.2 Å². The highest BCUT2D eigenvalue weighted by Crippen LogP contribution is 2.25. The predicted molar refractivity (Wildman–Crippen MR) is 108 cm³/mol. The lowest BCUT2D eigenvalue weighted by Gasteiger charge is -2.26. The molecular formula is C22H31NO4. The van der Waals surface area contributed by atoms with E-state index in [2.05, 4.69) is 11.8 Å². The number of Topliss-reactive ketones (excluding diaryl/α,β-unsaturated/α-hetero) is 1. The molecular weight excluding hydrogens is 342 g/mol. The molecule has 1 aromatic carbocycles. The van der Waals surface area contributed by atoms with Gasteiger partial charge in [-0.05, 0) is 43.7 Å². The van der Waals surface area contributed by atoms with E-state index < -0.39 is 0 Å². The first kappa shape index (κ1) is 21.2. The summed E-state index contributed by atoms with van der Waals surface area (Å²) in [4.78, 5) is 26.7. The Morgan fingerprint density at radius 2 is 1.93 bits per heavy atom. The molecule has 1 heterocycles. The van der Waals surface area contributed by atoms with Gasteiger partial charge in [0.25, 0.3) is 0 Å². The van der Waals surface area contributed by atoms with Crippen LogP contribution in [0.3, 0.4) is 0 Å². The van der Waals surface area contributed by atoms with E-state index in [4.69, 9.17) is 9.15 Å². The van der Waals surface area contributed by atoms with Crippen LogP contribution < -0.4 is 10.4 Å². The zero-order chi connectivity index (χ0) is 20.0. The van der Waals surface area contributed by atoms with Crippen molar-refractivity contribution in [3.8, 4) is 5.75 Å². The molecule has 27 heavy (non-hydrogen) atoms. The number of ether oxygens (including phenoxy) is 1. The van der Waals surface area contributed by atoms with Gasteiger partial charge in [0, 0.05) is 23.4 Å². The van der Waals surface area contributed by atoms with Crippen LogP contribution in [0.2, 0.25) is 0 Å². The van der Waals surface area contributed by atoms with Crippen LogP contribution in [0, 0.1) is 5.41 Å². The summed E-state index contributed by atoms with van der Waals surface area (Å²) >= 11 is 0. The number of benzene rings is 1. The molecule has 5 heteroatoms. The third-order valence-corrected chi connectivity index (χ3v) is 4.54. The van der Waals surface area contributed by atoms with E-state index in [1.54, 1.807) is 12.1 Å². The standard InChI is InChI=1S/C22H31NO4/c1-6-8-11-23(15-20(24)22(3,4)5)14-16-12-21(25)27-19-10-9-17(26-7-2)13-18(16)19/h9-10,12-13H,6-8,11,14-15H2,1-5H3. The van der Waals surface area contributed by atoms with Gasteiger partial charge in [-0.2, -0.15) is 0 Å². The Bertz CT molecular complexity index is 832. The van der Waals surface area contributed by atoms with Gasteiger partial charge in [0.1, 0.15) is 11.3 Å². The van der Waals surface area contributed by atoms with E-state index in [9.17, 15) is 9.59 Å². The maximum Gasteiger partial charge on any atom is 0.336 e. The average Bonchev–Trinajstić information content (AvgIpc) is 2.59. The number of nitrogens with zero attached hydrogens (tertiary/aromatic N) is 1. The average molecular weight is 373 g/mol. The molecule has 0 spiro atoms. The van der Waals surface area contributed by atoms with Crippen LogP contribution in [0.25, 0.3) is 11.0 Å². The first-order valence-electron chi connectivity index (χ1n) is 9.69. The summed E-state index contributed by atoms with van der Waals surface area (Å²) in [6.45, 7) is 12.2. The van der Waals surface area contributed by atoms with E-state index in [1.165, 1.54) is 6.07 Å². The Hall–Kier alpha value is -2.14. The molecule has 0 radical (unpaired) electrons. The van der Waals surface area contributed by atoms with Crippen molar-refractivity contribution >= 4 is 16.8 Å². The Balaban J connectivity index is 2.37. The number of carbonyl (C=O) groups excluding carboxylic acids is 1. The quantitative estimate of drug-likeness (QED) is 0.609. The molecule has 0 aliphatic heterocycles. The van der Waals surface area contributed by atoms with Gasteiger partial charge in [-0.25, -0.2) is 4.79 Å². The van der Waals surface area contributed by atoms with Crippen molar-refractivity contribution < 1.29 is 13.9 Å². The molecule has 0 aliphatic carbocycles. The number of rotatable bonds is 9. The highest BCUT2D eigenvalue weighted by atomic mass is 16.5. The topological polar surface area (TPSA) is 59.8 Å². The third-order valence-electron chi connectivity index (χ3n) is 4.54. The maximum absolute atomic E-state index is 12.6. The molecule has 0 unspecified atom stereocenters.